The Kier molecular flexibility index (Phi) is 6.50. The van der Waals surface area contributed by atoms with Gasteiger partial charge in [-0.1, -0.05) is 27.7 Å². The van der Waals surface area contributed by atoms with Gasteiger partial charge in [0.25, 0.3) is 0 Å². The summed E-state index contributed by atoms with van der Waals surface area (Å²) in [7, 11) is 0. The van der Waals surface area contributed by atoms with Crippen LogP contribution in [-0.4, -0.2) is 25.8 Å². The van der Waals surface area contributed by atoms with Crippen LogP contribution in [-0.2, 0) is 4.74 Å². The third-order valence-electron chi connectivity index (χ3n) is 3.94. The van der Waals surface area contributed by atoms with Crippen molar-refractivity contribution >= 4 is 0 Å². The van der Waals surface area contributed by atoms with E-state index in [2.05, 4.69) is 33.0 Å². The molecule has 1 aliphatic carbocycles. The third-order valence-corrected chi connectivity index (χ3v) is 3.94. The van der Waals surface area contributed by atoms with Crippen LogP contribution in [0.25, 0.3) is 0 Å². The van der Waals surface area contributed by atoms with Crippen LogP contribution in [0.5, 0.6) is 0 Å². The average Bonchev–Trinajstić information content (AvgIpc) is 3.09. The second-order valence-corrected chi connectivity index (χ2v) is 6.36. The number of rotatable bonds is 10. The SMILES string of the molecule is CCC(C)(CCOCCC(C)C)CNC1CC1. The van der Waals surface area contributed by atoms with Gasteiger partial charge in [-0.2, -0.15) is 0 Å². The number of ether oxygens (including phenoxy) is 1. The molecule has 17 heavy (non-hydrogen) atoms. The molecule has 1 fully saturated rings. The molecule has 0 radical (unpaired) electrons. The molecule has 0 saturated heterocycles. The molecule has 0 spiro atoms. The Hall–Kier alpha value is -0.0800. The number of hydrogen-bond acceptors (Lipinski definition) is 2. The molecule has 2 nitrogen and oxygen atoms in total. The summed E-state index contributed by atoms with van der Waals surface area (Å²) in [5, 5.41) is 3.65. The van der Waals surface area contributed by atoms with E-state index < -0.39 is 0 Å². The van der Waals surface area contributed by atoms with Crippen LogP contribution in [0.15, 0.2) is 0 Å². The minimum absolute atomic E-state index is 0.417. The average molecular weight is 241 g/mol. The first-order valence-electron chi connectivity index (χ1n) is 7.37. The van der Waals surface area contributed by atoms with Gasteiger partial charge in [-0.15, -0.1) is 0 Å². The molecule has 1 N–H and O–H groups in total. The minimum Gasteiger partial charge on any atom is -0.381 e. The zero-order chi connectivity index (χ0) is 12.7. The fourth-order valence-electron chi connectivity index (χ4n) is 1.81. The monoisotopic (exact) mass is 241 g/mol. The van der Waals surface area contributed by atoms with Gasteiger partial charge < -0.3 is 10.1 Å². The van der Waals surface area contributed by atoms with Crippen molar-refractivity contribution < 1.29 is 4.74 Å². The minimum atomic E-state index is 0.417. The molecule has 1 rings (SSSR count). The lowest BCUT2D eigenvalue weighted by molar-refractivity contribution is 0.0892. The molecule has 1 atom stereocenters. The Morgan fingerprint density at radius 2 is 2.00 bits per heavy atom. The molecule has 0 aromatic rings. The summed E-state index contributed by atoms with van der Waals surface area (Å²) in [6.07, 6.45) is 6.36. The summed E-state index contributed by atoms with van der Waals surface area (Å²) >= 11 is 0. The Morgan fingerprint density at radius 3 is 2.53 bits per heavy atom. The molecule has 0 amide bonds. The van der Waals surface area contributed by atoms with E-state index in [9.17, 15) is 0 Å². The summed E-state index contributed by atoms with van der Waals surface area (Å²) < 4.78 is 5.74. The van der Waals surface area contributed by atoms with Crippen LogP contribution < -0.4 is 5.32 Å². The summed E-state index contributed by atoms with van der Waals surface area (Å²) in [5.74, 6) is 0.754. The highest BCUT2D eigenvalue weighted by Crippen LogP contribution is 2.27. The van der Waals surface area contributed by atoms with Gasteiger partial charge in [-0.25, -0.2) is 0 Å². The van der Waals surface area contributed by atoms with Crippen molar-refractivity contribution in [2.75, 3.05) is 19.8 Å². The van der Waals surface area contributed by atoms with E-state index in [4.69, 9.17) is 4.74 Å². The quantitative estimate of drug-likeness (QED) is 0.590. The Bertz CT molecular complexity index is 201. The highest BCUT2D eigenvalue weighted by atomic mass is 16.5. The van der Waals surface area contributed by atoms with Crippen molar-refractivity contribution in [2.45, 2.75) is 65.8 Å². The van der Waals surface area contributed by atoms with E-state index in [1.807, 2.05) is 0 Å². The Morgan fingerprint density at radius 1 is 1.29 bits per heavy atom. The number of hydrogen-bond donors (Lipinski definition) is 1. The van der Waals surface area contributed by atoms with E-state index in [0.717, 1.165) is 31.7 Å². The summed E-state index contributed by atoms with van der Waals surface area (Å²) in [6.45, 7) is 12.2. The molecule has 1 saturated carbocycles. The first-order valence-corrected chi connectivity index (χ1v) is 7.37. The summed E-state index contributed by atoms with van der Waals surface area (Å²) in [5.41, 5.74) is 0.417. The zero-order valence-corrected chi connectivity index (χ0v) is 12.2. The van der Waals surface area contributed by atoms with Crippen LogP contribution in [0.4, 0.5) is 0 Å². The van der Waals surface area contributed by atoms with Crippen LogP contribution in [0.1, 0.15) is 59.8 Å². The van der Waals surface area contributed by atoms with Crippen LogP contribution in [0, 0.1) is 11.3 Å². The predicted molar refractivity (Wildman–Crippen MR) is 74.3 cm³/mol. The lowest BCUT2D eigenvalue weighted by Crippen LogP contribution is -2.33. The Balaban J connectivity index is 2.06. The molecule has 102 valence electrons. The van der Waals surface area contributed by atoms with Gasteiger partial charge in [0.2, 0.25) is 0 Å². The van der Waals surface area contributed by atoms with Gasteiger partial charge in [-0.05, 0) is 43.4 Å². The summed E-state index contributed by atoms with van der Waals surface area (Å²) in [4.78, 5) is 0. The van der Waals surface area contributed by atoms with E-state index in [-0.39, 0.29) is 0 Å². The lowest BCUT2D eigenvalue weighted by Gasteiger charge is -2.28. The summed E-state index contributed by atoms with van der Waals surface area (Å²) in [6, 6.07) is 0.822. The fourth-order valence-corrected chi connectivity index (χ4v) is 1.81. The molecule has 2 heteroatoms. The first-order chi connectivity index (χ1) is 8.06. The molecule has 1 aliphatic rings. The van der Waals surface area contributed by atoms with Gasteiger partial charge in [-0.3, -0.25) is 0 Å². The molecule has 0 aromatic carbocycles. The van der Waals surface area contributed by atoms with Crippen LogP contribution >= 0.6 is 0 Å². The smallest absolute Gasteiger partial charge is 0.0471 e. The maximum atomic E-state index is 5.74. The predicted octanol–water partition coefficient (Wildman–Crippen LogP) is 3.61. The van der Waals surface area contributed by atoms with Crippen LogP contribution in [0.3, 0.4) is 0 Å². The molecule has 0 aliphatic heterocycles. The largest absolute Gasteiger partial charge is 0.381 e. The van der Waals surface area contributed by atoms with Crippen molar-refractivity contribution in [1.82, 2.24) is 5.32 Å². The lowest BCUT2D eigenvalue weighted by atomic mass is 9.84. The van der Waals surface area contributed by atoms with Gasteiger partial charge in [0.15, 0.2) is 0 Å². The zero-order valence-electron chi connectivity index (χ0n) is 12.2. The van der Waals surface area contributed by atoms with E-state index in [0.29, 0.717) is 5.41 Å². The molecule has 0 bridgehead atoms. The van der Waals surface area contributed by atoms with E-state index in [1.165, 1.54) is 32.1 Å². The van der Waals surface area contributed by atoms with Crippen molar-refractivity contribution in [3.63, 3.8) is 0 Å². The maximum absolute atomic E-state index is 5.74. The standard InChI is InChI=1S/C15H31NO/c1-5-15(4,12-16-14-6-7-14)9-11-17-10-8-13(2)3/h13-14,16H,5-12H2,1-4H3. The molecule has 0 aromatic heterocycles. The van der Waals surface area contributed by atoms with Gasteiger partial charge in [0.1, 0.15) is 0 Å². The van der Waals surface area contributed by atoms with Crippen molar-refractivity contribution in [3.05, 3.63) is 0 Å². The Labute approximate surface area is 108 Å². The highest BCUT2D eigenvalue weighted by Gasteiger charge is 2.27. The van der Waals surface area contributed by atoms with Crippen molar-refractivity contribution in [3.8, 4) is 0 Å². The van der Waals surface area contributed by atoms with Gasteiger partial charge in [0.05, 0.1) is 0 Å². The molecule has 1 unspecified atom stereocenters. The molecular weight excluding hydrogens is 210 g/mol. The normalized spacial score (nSPS) is 19.6. The topological polar surface area (TPSA) is 21.3 Å². The third kappa shape index (κ3) is 7.05. The van der Waals surface area contributed by atoms with Crippen LogP contribution in [0.2, 0.25) is 0 Å². The first kappa shape index (κ1) is 15.0. The van der Waals surface area contributed by atoms with E-state index >= 15 is 0 Å². The van der Waals surface area contributed by atoms with Gasteiger partial charge >= 0.3 is 0 Å². The number of nitrogens with one attached hydrogen (secondary N) is 1. The second-order valence-electron chi connectivity index (χ2n) is 6.36. The highest BCUT2D eigenvalue weighted by molar-refractivity contribution is 4.85. The fraction of sp³-hybridized carbons (Fsp3) is 1.00. The molecule has 0 heterocycles. The second kappa shape index (κ2) is 7.38. The van der Waals surface area contributed by atoms with E-state index in [1.54, 1.807) is 0 Å². The molecular formula is C15H31NO. The van der Waals surface area contributed by atoms with Gasteiger partial charge in [0, 0.05) is 25.8 Å². The van der Waals surface area contributed by atoms with Crippen molar-refractivity contribution in [1.29, 1.82) is 0 Å². The van der Waals surface area contributed by atoms with Crippen molar-refractivity contribution in [2.24, 2.45) is 11.3 Å². The maximum Gasteiger partial charge on any atom is 0.0471 e.